The molecule has 5 nitrogen and oxygen atoms in total. The maximum Gasteiger partial charge on any atom is 0.191 e. The second kappa shape index (κ2) is 13.6. The number of methoxy groups -OCH3 is 1. The number of hydrogen-bond acceptors (Lipinski definition) is 3. The van der Waals surface area contributed by atoms with E-state index >= 15 is 0 Å². The molecule has 0 amide bonds. The van der Waals surface area contributed by atoms with Crippen molar-refractivity contribution in [2.45, 2.75) is 38.0 Å². The minimum absolute atomic E-state index is 0. The van der Waals surface area contributed by atoms with Crippen LogP contribution in [-0.2, 0) is 14.9 Å². The lowest BCUT2D eigenvalue weighted by molar-refractivity contribution is 0.0689. The first kappa shape index (κ1) is 24.5. The van der Waals surface area contributed by atoms with Crippen molar-refractivity contribution < 1.29 is 9.47 Å². The van der Waals surface area contributed by atoms with Crippen LogP contribution in [0.1, 0.15) is 38.2 Å². The van der Waals surface area contributed by atoms with E-state index in [-0.39, 0.29) is 29.4 Å². The lowest BCUT2D eigenvalue weighted by atomic mass is 9.96. The summed E-state index contributed by atoms with van der Waals surface area (Å²) < 4.78 is 10.4. The molecule has 0 aliphatic heterocycles. The van der Waals surface area contributed by atoms with Gasteiger partial charge in [0.25, 0.3) is 0 Å². The average Bonchev–Trinajstić information content (AvgIpc) is 3.43. The fourth-order valence-electron chi connectivity index (χ4n) is 2.86. The normalized spacial score (nSPS) is 15.1. The standard InChI is InChI=1S/C20H32ClN3O2.HI/c1-3-22-19(23-11-4-5-12-26-14-13-25-2)24-16-20(9-10-20)17-7-6-8-18(21)15-17;/h6-8,15H,3-5,9-14,16H2,1-2H3,(H2,22,23,24);1H. The number of halogens is 2. The molecule has 1 aromatic rings. The van der Waals surface area contributed by atoms with Gasteiger partial charge in [0.05, 0.1) is 19.8 Å². The number of guanidine groups is 1. The molecule has 0 unspecified atom stereocenters. The predicted octanol–water partition coefficient (Wildman–Crippen LogP) is 3.99. The van der Waals surface area contributed by atoms with Gasteiger partial charge in [-0.2, -0.15) is 0 Å². The van der Waals surface area contributed by atoms with Crippen LogP contribution in [0.25, 0.3) is 0 Å². The van der Waals surface area contributed by atoms with Crippen LogP contribution in [0.3, 0.4) is 0 Å². The van der Waals surface area contributed by atoms with E-state index < -0.39 is 0 Å². The van der Waals surface area contributed by atoms with Gasteiger partial charge in [-0.1, -0.05) is 23.7 Å². The van der Waals surface area contributed by atoms with Gasteiger partial charge >= 0.3 is 0 Å². The first-order valence-corrected chi connectivity index (χ1v) is 9.93. The Labute approximate surface area is 185 Å². The van der Waals surface area contributed by atoms with Crippen molar-refractivity contribution in [3.05, 3.63) is 34.9 Å². The molecule has 2 rings (SSSR count). The number of rotatable bonds is 12. The third-order valence-corrected chi connectivity index (χ3v) is 4.85. The molecule has 0 radical (unpaired) electrons. The number of nitrogens with one attached hydrogen (secondary N) is 2. The minimum atomic E-state index is 0. The van der Waals surface area contributed by atoms with E-state index in [1.165, 1.54) is 18.4 Å². The van der Waals surface area contributed by atoms with Crippen LogP contribution >= 0.6 is 35.6 Å². The van der Waals surface area contributed by atoms with Crippen molar-refractivity contribution in [2.75, 3.05) is 46.6 Å². The molecule has 1 saturated carbocycles. The van der Waals surface area contributed by atoms with Crippen molar-refractivity contribution in [1.29, 1.82) is 0 Å². The molecule has 0 saturated heterocycles. The summed E-state index contributed by atoms with van der Waals surface area (Å²) in [5.74, 6) is 0.890. The summed E-state index contributed by atoms with van der Waals surface area (Å²) in [6, 6.07) is 8.20. The molecule has 154 valence electrons. The van der Waals surface area contributed by atoms with Gasteiger partial charge < -0.3 is 20.1 Å². The second-order valence-corrected chi connectivity index (χ2v) is 7.16. The van der Waals surface area contributed by atoms with Gasteiger partial charge in [0, 0.05) is 37.2 Å². The molecule has 27 heavy (non-hydrogen) atoms. The molecule has 1 aromatic carbocycles. The molecule has 0 aromatic heterocycles. The van der Waals surface area contributed by atoms with Crippen LogP contribution in [0.5, 0.6) is 0 Å². The highest BCUT2D eigenvalue weighted by atomic mass is 127. The Morgan fingerprint density at radius 2 is 2.00 bits per heavy atom. The summed E-state index contributed by atoms with van der Waals surface area (Å²) in [5, 5.41) is 7.55. The fraction of sp³-hybridized carbons (Fsp3) is 0.650. The number of benzene rings is 1. The zero-order valence-electron chi connectivity index (χ0n) is 16.4. The summed E-state index contributed by atoms with van der Waals surface area (Å²) in [6.45, 7) is 6.73. The Hall–Kier alpha value is -0.570. The number of unbranched alkanes of at least 4 members (excludes halogenated alkanes) is 1. The van der Waals surface area contributed by atoms with Crippen molar-refractivity contribution in [3.8, 4) is 0 Å². The number of aliphatic imine (C=N–C) groups is 1. The van der Waals surface area contributed by atoms with E-state index in [2.05, 4.69) is 29.7 Å². The first-order valence-electron chi connectivity index (χ1n) is 9.55. The molecule has 7 heteroatoms. The lowest BCUT2D eigenvalue weighted by Crippen LogP contribution is -2.38. The Bertz CT molecular complexity index is 568. The monoisotopic (exact) mass is 509 g/mol. The molecule has 0 spiro atoms. The minimum Gasteiger partial charge on any atom is -0.382 e. The highest BCUT2D eigenvalue weighted by molar-refractivity contribution is 14.0. The highest BCUT2D eigenvalue weighted by Gasteiger charge is 2.44. The fourth-order valence-corrected chi connectivity index (χ4v) is 3.05. The largest absolute Gasteiger partial charge is 0.382 e. The zero-order chi connectivity index (χ0) is 18.7. The average molecular weight is 510 g/mol. The quantitative estimate of drug-likeness (QED) is 0.194. The van der Waals surface area contributed by atoms with Crippen LogP contribution in [0.2, 0.25) is 5.02 Å². The van der Waals surface area contributed by atoms with Crippen molar-refractivity contribution in [3.63, 3.8) is 0 Å². The van der Waals surface area contributed by atoms with Gasteiger partial charge in [0.2, 0.25) is 0 Å². The third-order valence-electron chi connectivity index (χ3n) is 4.61. The molecule has 1 aliphatic carbocycles. The SMILES string of the molecule is CCNC(=NCC1(c2cccc(Cl)c2)CC1)NCCCCOCCOC.I. The van der Waals surface area contributed by atoms with E-state index in [9.17, 15) is 0 Å². The maximum atomic E-state index is 6.15. The Kier molecular flexibility index (Phi) is 12.3. The van der Waals surface area contributed by atoms with E-state index in [0.717, 1.165) is 50.1 Å². The van der Waals surface area contributed by atoms with Crippen LogP contribution < -0.4 is 10.6 Å². The van der Waals surface area contributed by atoms with Crippen LogP contribution in [0.15, 0.2) is 29.3 Å². The Morgan fingerprint density at radius 1 is 1.19 bits per heavy atom. The molecule has 1 aliphatic rings. The summed E-state index contributed by atoms with van der Waals surface area (Å²) in [4.78, 5) is 4.82. The molecule has 1 fully saturated rings. The molecular formula is C20H33ClIN3O2. The molecular weight excluding hydrogens is 477 g/mol. The number of nitrogens with zero attached hydrogens (tertiary/aromatic N) is 1. The van der Waals surface area contributed by atoms with Gasteiger partial charge in [-0.15, -0.1) is 24.0 Å². The summed E-state index contributed by atoms with van der Waals surface area (Å²) in [7, 11) is 1.69. The van der Waals surface area contributed by atoms with Crippen LogP contribution in [0, 0.1) is 0 Å². The highest BCUT2D eigenvalue weighted by Crippen LogP contribution is 2.48. The summed E-state index contributed by atoms with van der Waals surface area (Å²) in [5.41, 5.74) is 1.47. The van der Waals surface area contributed by atoms with Gasteiger partial charge in [0.1, 0.15) is 0 Å². The summed E-state index contributed by atoms with van der Waals surface area (Å²) >= 11 is 6.15. The van der Waals surface area contributed by atoms with E-state index in [1.54, 1.807) is 7.11 Å². The van der Waals surface area contributed by atoms with Crippen LogP contribution in [0.4, 0.5) is 0 Å². The van der Waals surface area contributed by atoms with Crippen molar-refractivity contribution >= 4 is 41.5 Å². The topological polar surface area (TPSA) is 54.9 Å². The third kappa shape index (κ3) is 8.98. The lowest BCUT2D eigenvalue weighted by Gasteiger charge is -2.16. The Balaban J connectivity index is 0.00000364. The Morgan fingerprint density at radius 3 is 2.67 bits per heavy atom. The van der Waals surface area contributed by atoms with Gasteiger partial charge in [0.15, 0.2) is 5.96 Å². The van der Waals surface area contributed by atoms with E-state index in [4.69, 9.17) is 26.1 Å². The van der Waals surface area contributed by atoms with Gasteiger partial charge in [-0.3, -0.25) is 4.99 Å². The molecule has 0 atom stereocenters. The number of hydrogen-bond donors (Lipinski definition) is 2. The van der Waals surface area contributed by atoms with Gasteiger partial charge in [-0.25, -0.2) is 0 Å². The van der Waals surface area contributed by atoms with Crippen molar-refractivity contribution in [2.24, 2.45) is 4.99 Å². The van der Waals surface area contributed by atoms with Crippen LogP contribution in [-0.4, -0.2) is 52.5 Å². The van der Waals surface area contributed by atoms with Crippen molar-refractivity contribution in [1.82, 2.24) is 10.6 Å². The molecule has 2 N–H and O–H groups in total. The van der Waals surface area contributed by atoms with Gasteiger partial charge in [-0.05, 0) is 50.3 Å². The van der Waals surface area contributed by atoms with E-state index in [1.807, 2.05) is 12.1 Å². The smallest absolute Gasteiger partial charge is 0.191 e. The van der Waals surface area contributed by atoms with E-state index in [0.29, 0.717) is 13.2 Å². The first-order chi connectivity index (χ1) is 12.7. The number of ether oxygens (including phenoxy) is 2. The summed E-state index contributed by atoms with van der Waals surface area (Å²) in [6.07, 6.45) is 4.43. The molecule has 0 heterocycles. The second-order valence-electron chi connectivity index (χ2n) is 6.72. The zero-order valence-corrected chi connectivity index (χ0v) is 19.5. The molecule has 0 bridgehead atoms. The predicted molar refractivity (Wildman–Crippen MR) is 124 cm³/mol. The maximum absolute atomic E-state index is 6.15.